The number of amides is 2. The molecule has 1 N–H and O–H groups in total. The van der Waals surface area contributed by atoms with Crippen molar-refractivity contribution in [3.05, 3.63) is 0 Å². The fourth-order valence-electron chi connectivity index (χ4n) is 1.77. The van der Waals surface area contributed by atoms with Crippen LogP contribution in [0.5, 0.6) is 0 Å². The fraction of sp³-hybridized carbons (Fsp3) is 0.818. The van der Waals surface area contributed by atoms with Crippen molar-refractivity contribution in [3.8, 4) is 0 Å². The van der Waals surface area contributed by atoms with E-state index in [1.165, 1.54) is 4.90 Å². The largest absolute Gasteiger partial charge is 0.396 e. The molecule has 1 saturated heterocycles. The van der Waals surface area contributed by atoms with Crippen molar-refractivity contribution in [2.45, 2.75) is 44.9 Å². The van der Waals surface area contributed by atoms with Crippen LogP contribution >= 0.6 is 0 Å². The molecule has 0 saturated carbocycles. The highest BCUT2D eigenvalue weighted by atomic mass is 16.3. The summed E-state index contributed by atoms with van der Waals surface area (Å²) in [6, 6.07) is 0. The van der Waals surface area contributed by atoms with Crippen LogP contribution in [0.1, 0.15) is 44.9 Å². The zero-order valence-electron chi connectivity index (χ0n) is 9.07. The molecular weight excluding hydrogens is 194 g/mol. The van der Waals surface area contributed by atoms with Gasteiger partial charge in [-0.25, -0.2) is 0 Å². The highest BCUT2D eigenvalue weighted by Crippen LogP contribution is 2.13. The van der Waals surface area contributed by atoms with Gasteiger partial charge < -0.3 is 5.11 Å². The molecule has 0 spiro atoms. The van der Waals surface area contributed by atoms with Gasteiger partial charge in [0.2, 0.25) is 11.8 Å². The van der Waals surface area contributed by atoms with E-state index in [9.17, 15) is 9.59 Å². The Hall–Kier alpha value is -0.900. The molecule has 0 aliphatic carbocycles. The molecule has 86 valence electrons. The van der Waals surface area contributed by atoms with E-state index in [2.05, 4.69) is 0 Å². The summed E-state index contributed by atoms with van der Waals surface area (Å²) < 4.78 is 0. The van der Waals surface area contributed by atoms with Gasteiger partial charge in [-0.1, -0.05) is 0 Å². The lowest BCUT2D eigenvalue weighted by Crippen LogP contribution is -2.35. The van der Waals surface area contributed by atoms with Crippen LogP contribution < -0.4 is 0 Å². The summed E-state index contributed by atoms with van der Waals surface area (Å²) in [5, 5.41) is 8.60. The van der Waals surface area contributed by atoms with Crippen molar-refractivity contribution in [1.29, 1.82) is 0 Å². The summed E-state index contributed by atoms with van der Waals surface area (Å²) in [6.45, 7) is 0.708. The minimum absolute atomic E-state index is 0.0264. The van der Waals surface area contributed by atoms with Gasteiger partial charge in [0, 0.05) is 26.0 Å². The maximum Gasteiger partial charge on any atom is 0.229 e. The van der Waals surface area contributed by atoms with Gasteiger partial charge in [-0.15, -0.1) is 0 Å². The van der Waals surface area contributed by atoms with Gasteiger partial charge in [-0.05, 0) is 32.1 Å². The van der Waals surface area contributed by atoms with Crippen LogP contribution in [0.25, 0.3) is 0 Å². The third-order valence-corrected chi connectivity index (χ3v) is 2.67. The van der Waals surface area contributed by atoms with Crippen molar-refractivity contribution in [1.82, 2.24) is 4.90 Å². The predicted molar refractivity (Wildman–Crippen MR) is 56.1 cm³/mol. The van der Waals surface area contributed by atoms with E-state index in [1.807, 2.05) is 0 Å². The first-order chi connectivity index (χ1) is 7.25. The van der Waals surface area contributed by atoms with Gasteiger partial charge in [-0.2, -0.15) is 0 Å². The number of nitrogens with zero attached hydrogens (tertiary/aromatic N) is 1. The molecule has 1 aliphatic rings. The molecule has 0 radical (unpaired) electrons. The highest BCUT2D eigenvalue weighted by molar-refractivity contribution is 5.95. The van der Waals surface area contributed by atoms with Crippen molar-refractivity contribution < 1.29 is 14.7 Å². The Kier molecular flexibility index (Phi) is 5.32. The van der Waals surface area contributed by atoms with E-state index >= 15 is 0 Å². The molecule has 0 aromatic heterocycles. The number of imide groups is 1. The lowest BCUT2D eigenvalue weighted by atomic mass is 10.2. The lowest BCUT2D eigenvalue weighted by molar-refractivity contribution is -0.143. The van der Waals surface area contributed by atoms with Crippen molar-refractivity contribution in [2.75, 3.05) is 13.2 Å². The Morgan fingerprint density at radius 2 is 1.60 bits per heavy atom. The first-order valence-corrected chi connectivity index (χ1v) is 5.70. The number of likely N-dealkylation sites (tertiary alicyclic amines) is 1. The summed E-state index contributed by atoms with van der Waals surface area (Å²) in [5.74, 6) is -0.0528. The first-order valence-electron chi connectivity index (χ1n) is 5.70. The fourth-order valence-corrected chi connectivity index (χ4v) is 1.77. The van der Waals surface area contributed by atoms with Gasteiger partial charge in [0.1, 0.15) is 0 Å². The molecule has 1 rings (SSSR count). The molecule has 2 amide bonds. The quantitative estimate of drug-likeness (QED) is 0.549. The predicted octanol–water partition coefficient (Wildman–Crippen LogP) is 1.08. The van der Waals surface area contributed by atoms with E-state index in [-0.39, 0.29) is 18.4 Å². The van der Waals surface area contributed by atoms with Crippen molar-refractivity contribution in [2.24, 2.45) is 0 Å². The first kappa shape index (κ1) is 12.2. The summed E-state index contributed by atoms with van der Waals surface area (Å²) in [7, 11) is 0. The number of hydrogen-bond donors (Lipinski definition) is 1. The van der Waals surface area contributed by atoms with Crippen LogP contribution in [0.4, 0.5) is 0 Å². The van der Waals surface area contributed by atoms with E-state index in [0.717, 1.165) is 32.1 Å². The van der Waals surface area contributed by atoms with Crippen molar-refractivity contribution >= 4 is 11.8 Å². The van der Waals surface area contributed by atoms with Crippen LogP contribution in [-0.2, 0) is 9.59 Å². The van der Waals surface area contributed by atoms with Gasteiger partial charge in [0.15, 0.2) is 0 Å². The molecule has 15 heavy (non-hydrogen) atoms. The molecule has 4 heteroatoms. The molecule has 4 nitrogen and oxygen atoms in total. The topological polar surface area (TPSA) is 57.6 Å². The molecule has 0 aromatic carbocycles. The van der Waals surface area contributed by atoms with Crippen LogP contribution in [0, 0.1) is 0 Å². The normalized spacial score (nSPS) is 18.1. The smallest absolute Gasteiger partial charge is 0.229 e. The molecule has 1 fully saturated rings. The number of unbranched alkanes of at least 4 members (excludes halogenated alkanes) is 2. The Bertz CT molecular complexity index is 210. The molecule has 0 atom stereocenters. The minimum Gasteiger partial charge on any atom is -0.396 e. The SMILES string of the molecule is O=C1CCCCC(=O)N1CCCCCO. The summed E-state index contributed by atoms with van der Waals surface area (Å²) in [5.41, 5.74) is 0. The van der Waals surface area contributed by atoms with E-state index < -0.39 is 0 Å². The third-order valence-electron chi connectivity index (χ3n) is 2.67. The number of hydrogen-bond acceptors (Lipinski definition) is 3. The molecular formula is C11H19NO3. The van der Waals surface area contributed by atoms with E-state index in [4.69, 9.17) is 5.11 Å². The average molecular weight is 213 g/mol. The Labute approximate surface area is 90.3 Å². The Morgan fingerprint density at radius 1 is 1.00 bits per heavy atom. The maximum absolute atomic E-state index is 11.5. The van der Waals surface area contributed by atoms with Gasteiger partial charge in [-0.3, -0.25) is 14.5 Å². The standard InChI is InChI=1S/C11H19NO3/c13-9-5-1-4-8-12-10(14)6-2-3-7-11(12)15/h13H,1-9H2. The van der Waals surface area contributed by atoms with Gasteiger partial charge in [0.25, 0.3) is 0 Å². The molecule has 1 heterocycles. The summed E-state index contributed by atoms with van der Waals surface area (Å²) in [4.78, 5) is 24.5. The Balaban J connectivity index is 2.35. The van der Waals surface area contributed by atoms with Crippen LogP contribution in [-0.4, -0.2) is 35.0 Å². The zero-order chi connectivity index (χ0) is 11.1. The number of carbonyl (C=O) groups excluding carboxylic acids is 2. The Morgan fingerprint density at radius 3 is 2.13 bits per heavy atom. The van der Waals surface area contributed by atoms with Crippen molar-refractivity contribution in [3.63, 3.8) is 0 Å². The number of rotatable bonds is 5. The van der Waals surface area contributed by atoms with Crippen LogP contribution in [0.15, 0.2) is 0 Å². The highest BCUT2D eigenvalue weighted by Gasteiger charge is 2.22. The van der Waals surface area contributed by atoms with Crippen LogP contribution in [0.2, 0.25) is 0 Å². The molecule has 0 aromatic rings. The average Bonchev–Trinajstić information content (AvgIpc) is 2.37. The third kappa shape index (κ3) is 4.00. The van der Waals surface area contributed by atoms with Gasteiger partial charge >= 0.3 is 0 Å². The molecule has 0 unspecified atom stereocenters. The number of carbonyl (C=O) groups is 2. The van der Waals surface area contributed by atoms with Crippen LogP contribution in [0.3, 0.4) is 0 Å². The molecule has 0 bridgehead atoms. The van der Waals surface area contributed by atoms with E-state index in [0.29, 0.717) is 19.4 Å². The molecule has 1 aliphatic heterocycles. The second-order valence-electron chi connectivity index (χ2n) is 3.93. The summed E-state index contributed by atoms with van der Waals surface area (Å²) >= 11 is 0. The minimum atomic E-state index is -0.0264. The zero-order valence-corrected chi connectivity index (χ0v) is 9.07. The summed E-state index contributed by atoms with van der Waals surface area (Å²) in [6.07, 6.45) is 5.09. The lowest BCUT2D eigenvalue weighted by Gasteiger charge is -2.18. The number of aliphatic hydroxyl groups excluding tert-OH is 1. The van der Waals surface area contributed by atoms with Gasteiger partial charge in [0.05, 0.1) is 0 Å². The second-order valence-corrected chi connectivity index (χ2v) is 3.93. The number of aliphatic hydroxyl groups is 1. The van der Waals surface area contributed by atoms with E-state index in [1.54, 1.807) is 0 Å². The monoisotopic (exact) mass is 213 g/mol. The maximum atomic E-state index is 11.5. The second kappa shape index (κ2) is 6.56.